The van der Waals surface area contributed by atoms with Gasteiger partial charge in [-0.3, -0.25) is 4.79 Å². The van der Waals surface area contributed by atoms with Gasteiger partial charge < -0.3 is 14.7 Å². The van der Waals surface area contributed by atoms with E-state index in [0.717, 1.165) is 6.07 Å². The third-order valence-electron chi connectivity index (χ3n) is 3.69. The number of hydrogen-bond acceptors (Lipinski definition) is 4. The summed E-state index contributed by atoms with van der Waals surface area (Å²) in [4.78, 5) is 24.3. The van der Waals surface area contributed by atoms with Crippen molar-refractivity contribution in [3.05, 3.63) is 28.5 Å². The maximum absolute atomic E-state index is 14.2. The number of aromatic carboxylic acids is 1. The van der Waals surface area contributed by atoms with Crippen LogP contribution in [0.25, 0.3) is 0 Å². The normalized spacial score (nSPS) is 15.7. The van der Waals surface area contributed by atoms with Crippen LogP contribution in [0.4, 0.5) is 10.1 Å². The van der Waals surface area contributed by atoms with Crippen LogP contribution in [0, 0.1) is 11.7 Å². The summed E-state index contributed by atoms with van der Waals surface area (Å²) >= 11 is 6.02. The molecule has 1 aromatic carbocycles. The minimum absolute atomic E-state index is 0.0620. The number of benzene rings is 1. The lowest BCUT2D eigenvalue weighted by Crippen LogP contribution is -2.37. The fourth-order valence-electron chi connectivity index (χ4n) is 2.59. The molecule has 1 N–H and O–H groups in total. The Labute approximate surface area is 132 Å². The number of ether oxygens (including phenoxy) is 1. The Morgan fingerprint density at radius 3 is 2.55 bits per heavy atom. The molecule has 1 aliphatic heterocycles. The molecule has 0 atom stereocenters. The van der Waals surface area contributed by atoms with E-state index in [0.29, 0.717) is 32.5 Å². The van der Waals surface area contributed by atoms with Crippen molar-refractivity contribution in [2.45, 2.75) is 19.8 Å². The summed E-state index contributed by atoms with van der Waals surface area (Å²) in [7, 11) is 0. The third-order valence-corrected chi connectivity index (χ3v) is 3.98. The van der Waals surface area contributed by atoms with Crippen molar-refractivity contribution >= 4 is 29.2 Å². The lowest BCUT2D eigenvalue weighted by molar-refractivity contribution is -0.148. The molecule has 1 aromatic rings. The molecule has 1 aliphatic rings. The van der Waals surface area contributed by atoms with E-state index in [2.05, 4.69) is 0 Å². The number of anilines is 1. The predicted molar refractivity (Wildman–Crippen MR) is 79.9 cm³/mol. The highest BCUT2D eigenvalue weighted by molar-refractivity contribution is 6.33. The summed E-state index contributed by atoms with van der Waals surface area (Å²) in [6.07, 6.45) is 1.10. The highest BCUT2D eigenvalue weighted by atomic mass is 35.5. The molecule has 120 valence electrons. The second kappa shape index (κ2) is 6.96. The van der Waals surface area contributed by atoms with Gasteiger partial charge in [-0.2, -0.15) is 0 Å². The van der Waals surface area contributed by atoms with Crippen LogP contribution in [-0.2, 0) is 9.53 Å². The lowest BCUT2D eigenvalue weighted by atomic mass is 9.96. The number of piperidine rings is 1. The number of carbonyl (C=O) groups is 2. The van der Waals surface area contributed by atoms with Gasteiger partial charge in [0.15, 0.2) is 0 Å². The van der Waals surface area contributed by atoms with E-state index in [9.17, 15) is 14.0 Å². The Balaban J connectivity index is 2.12. The number of halogens is 2. The van der Waals surface area contributed by atoms with Crippen LogP contribution in [0.15, 0.2) is 12.1 Å². The van der Waals surface area contributed by atoms with Gasteiger partial charge in [0.2, 0.25) is 0 Å². The summed E-state index contributed by atoms with van der Waals surface area (Å²) in [6, 6.07) is 2.20. The first-order valence-electron chi connectivity index (χ1n) is 7.08. The van der Waals surface area contributed by atoms with E-state index in [1.54, 1.807) is 11.8 Å². The van der Waals surface area contributed by atoms with Gasteiger partial charge in [-0.05, 0) is 31.9 Å². The first-order valence-corrected chi connectivity index (χ1v) is 7.45. The van der Waals surface area contributed by atoms with Crippen LogP contribution >= 0.6 is 11.6 Å². The molecule has 0 saturated carbocycles. The summed E-state index contributed by atoms with van der Waals surface area (Å²) < 4.78 is 19.1. The van der Waals surface area contributed by atoms with E-state index in [1.807, 2.05) is 0 Å². The van der Waals surface area contributed by atoms with Crippen molar-refractivity contribution in [2.75, 3.05) is 24.6 Å². The van der Waals surface area contributed by atoms with E-state index in [4.69, 9.17) is 21.4 Å². The molecule has 0 bridgehead atoms. The van der Waals surface area contributed by atoms with Gasteiger partial charge in [0.1, 0.15) is 5.82 Å². The zero-order chi connectivity index (χ0) is 16.3. The van der Waals surface area contributed by atoms with Crippen molar-refractivity contribution in [2.24, 2.45) is 5.92 Å². The molecule has 0 amide bonds. The second-order valence-corrected chi connectivity index (χ2v) is 5.51. The largest absolute Gasteiger partial charge is 0.478 e. The van der Waals surface area contributed by atoms with Crippen LogP contribution in [0.3, 0.4) is 0 Å². The van der Waals surface area contributed by atoms with Crippen LogP contribution in [0.1, 0.15) is 30.1 Å². The van der Waals surface area contributed by atoms with Crippen molar-refractivity contribution in [3.63, 3.8) is 0 Å². The fraction of sp³-hybridized carbons (Fsp3) is 0.467. The van der Waals surface area contributed by atoms with Gasteiger partial charge in [0, 0.05) is 13.1 Å². The average Bonchev–Trinajstić information content (AvgIpc) is 2.47. The molecule has 1 saturated heterocycles. The predicted octanol–water partition coefficient (Wildman–Crippen LogP) is 2.96. The monoisotopic (exact) mass is 329 g/mol. The van der Waals surface area contributed by atoms with Gasteiger partial charge >= 0.3 is 11.9 Å². The minimum Gasteiger partial charge on any atom is -0.478 e. The number of carbonyl (C=O) groups excluding carboxylic acids is 1. The fourth-order valence-corrected chi connectivity index (χ4v) is 2.92. The zero-order valence-corrected chi connectivity index (χ0v) is 12.9. The number of carboxylic acid groups (broad SMARTS) is 1. The summed E-state index contributed by atoms with van der Waals surface area (Å²) in [5, 5.41) is 8.95. The smallest absolute Gasteiger partial charge is 0.335 e. The third kappa shape index (κ3) is 3.50. The number of rotatable bonds is 4. The van der Waals surface area contributed by atoms with Crippen LogP contribution in [-0.4, -0.2) is 36.7 Å². The van der Waals surface area contributed by atoms with Gasteiger partial charge in [-0.25, -0.2) is 9.18 Å². The SMILES string of the molecule is CCOC(=O)C1CCN(c2c(F)cc(C(=O)O)cc2Cl)CC1. The minimum atomic E-state index is -1.23. The molecule has 0 spiro atoms. The maximum atomic E-state index is 14.2. The highest BCUT2D eigenvalue weighted by Gasteiger charge is 2.28. The Kier molecular flexibility index (Phi) is 5.24. The van der Waals surface area contributed by atoms with Gasteiger partial charge in [0.05, 0.1) is 28.8 Å². The summed E-state index contributed by atoms with van der Waals surface area (Å²) in [5.41, 5.74) is 0.00151. The first kappa shape index (κ1) is 16.5. The standard InChI is InChI=1S/C15H17ClFNO4/c1-2-22-15(21)9-3-5-18(6-4-9)13-11(16)7-10(14(19)20)8-12(13)17/h7-9H,2-6H2,1H3,(H,19,20). The summed E-state index contributed by atoms with van der Waals surface area (Å²) in [5.74, 6) is -2.31. The molecule has 7 heteroatoms. The molecule has 1 fully saturated rings. The molecule has 0 radical (unpaired) electrons. The van der Waals surface area contributed by atoms with Crippen LogP contribution in [0.5, 0.6) is 0 Å². The Hall–Kier alpha value is -1.82. The van der Waals surface area contributed by atoms with Gasteiger partial charge in [0.25, 0.3) is 0 Å². The average molecular weight is 330 g/mol. The molecule has 2 rings (SSSR count). The lowest BCUT2D eigenvalue weighted by Gasteiger charge is -2.33. The van der Waals surface area contributed by atoms with Crippen LogP contribution in [0.2, 0.25) is 5.02 Å². The van der Waals surface area contributed by atoms with Crippen LogP contribution < -0.4 is 4.90 Å². The zero-order valence-electron chi connectivity index (χ0n) is 12.1. The Bertz CT molecular complexity index is 562. The number of carboxylic acids is 1. The van der Waals surface area contributed by atoms with Crippen molar-refractivity contribution in [1.29, 1.82) is 0 Å². The quantitative estimate of drug-likeness (QED) is 0.860. The van der Waals surface area contributed by atoms with E-state index in [1.165, 1.54) is 6.07 Å². The van der Waals surface area contributed by atoms with E-state index < -0.39 is 11.8 Å². The second-order valence-electron chi connectivity index (χ2n) is 5.11. The molecule has 5 nitrogen and oxygen atoms in total. The van der Waals surface area contributed by atoms with E-state index >= 15 is 0 Å². The highest BCUT2D eigenvalue weighted by Crippen LogP contribution is 2.33. The molecule has 0 aromatic heterocycles. The molecular weight excluding hydrogens is 313 g/mol. The first-order chi connectivity index (χ1) is 10.4. The summed E-state index contributed by atoms with van der Waals surface area (Å²) in [6.45, 7) is 3.03. The number of hydrogen-bond donors (Lipinski definition) is 1. The molecule has 0 unspecified atom stereocenters. The number of nitrogens with zero attached hydrogens (tertiary/aromatic N) is 1. The van der Waals surface area contributed by atoms with Gasteiger partial charge in [-0.1, -0.05) is 11.6 Å². The number of esters is 1. The molecule has 22 heavy (non-hydrogen) atoms. The van der Waals surface area contributed by atoms with E-state index in [-0.39, 0.29) is 28.2 Å². The molecular formula is C15H17ClFNO4. The topological polar surface area (TPSA) is 66.8 Å². The van der Waals surface area contributed by atoms with Crippen molar-refractivity contribution in [3.8, 4) is 0 Å². The van der Waals surface area contributed by atoms with Crippen molar-refractivity contribution in [1.82, 2.24) is 0 Å². The molecule has 1 heterocycles. The van der Waals surface area contributed by atoms with Gasteiger partial charge in [-0.15, -0.1) is 0 Å². The van der Waals surface area contributed by atoms with Crippen molar-refractivity contribution < 1.29 is 23.8 Å². The Morgan fingerprint density at radius 2 is 2.05 bits per heavy atom. The maximum Gasteiger partial charge on any atom is 0.335 e. The molecule has 0 aliphatic carbocycles. The Morgan fingerprint density at radius 1 is 1.41 bits per heavy atom.